The van der Waals surface area contributed by atoms with Crippen LogP contribution in [0.3, 0.4) is 0 Å². The van der Waals surface area contributed by atoms with E-state index in [9.17, 15) is 4.39 Å². The van der Waals surface area contributed by atoms with Crippen LogP contribution in [0.15, 0.2) is 36.8 Å². The Balaban J connectivity index is 1.44. The molecule has 9 heteroatoms. The molecule has 3 aromatic heterocycles. The topological polar surface area (TPSA) is 80.7 Å². The summed E-state index contributed by atoms with van der Waals surface area (Å²) in [4.78, 5) is 4.30. The summed E-state index contributed by atoms with van der Waals surface area (Å²) in [5.74, 6) is -1.21. The molecule has 1 fully saturated rings. The van der Waals surface area contributed by atoms with Gasteiger partial charge < -0.3 is 10.1 Å². The van der Waals surface area contributed by atoms with Gasteiger partial charge in [-0.05, 0) is 43.5 Å². The first-order valence-corrected chi connectivity index (χ1v) is 10.7. The Labute approximate surface area is 183 Å². The summed E-state index contributed by atoms with van der Waals surface area (Å²) in [5.41, 5.74) is 2.74. The van der Waals surface area contributed by atoms with E-state index in [0.717, 1.165) is 37.0 Å². The number of nitrogens with one attached hydrogen (secondary N) is 2. The second kappa shape index (κ2) is 8.76. The lowest BCUT2D eigenvalue weighted by atomic mass is 10.0. The number of rotatable bonds is 6. The fourth-order valence-electron chi connectivity index (χ4n) is 4.15. The Morgan fingerprint density at radius 2 is 2.06 bits per heavy atom. The summed E-state index contributed by atoms with van der Waals surface area (Å²) in [6.07, 6.45) is 7.45. The van der Waals surface area contributed by atoms with Gasteiger partial charge in [-0.25, -0.2) is 8.78 Å². The van der Waals surface area contributed by atoms with Gasteiger partial charge in [0.2, 0.25) is 0 Å². The van der Waals surface area contributed by atoms with Gasteiger partial charge in [0, 0.05) is 43.4 Å². The second-order valence-corrected chi connectivity index (χ2v) is 8.08. The molecule has 166 valence electrons. The highest BCUT2D eigenvalue weighted by atomic mass is 19.1. The number of nitrogens with zero attached hydrogens (tertiary/aromatic N) is 4. The van der Waals surface area contributed by atoms with E-state index in [-0.39, 0.29) is 11.3 Å². The number of halogens is 2. The Kier molecular flexibility index (Phi) is 5.67. The normalized spacial score (nSPS) is 15.0. The van der Waals surface area contributed by atoms with Gasteiger partial charge in [0.05, 0.1) is 29.2 Å². The highest BCUT2D eigenvalue weighted by Crippen LogP contribution is 2.32. The lowest BCUT2D eigenvalue weighted by Crippen LogP contribution is -2.36. The molecule has 4 aromatic rings. The number of hydrogen-bond acceptors (Lipinski definition) is 5. The molecule has 0 atom stereocenters. The van der Waals surface area contributed by atoms with Gasteiger partial charge in [-0.3, -0.25) is 14.8 Å². The van der Waals surface area contributed by atoms with Crippen LogP contribution in [0.1, 0.15) is 18.4 Å². The van der Waals surface area contributed by atoms with Crippen molar-refractivity contribution in [3.05, 3.63) is 54.0 Å². The van der Waals surface area contributed by atoms with Crippen molar-refractivity contribution < 1.29 is 13.5 Å². The predicted molar refractivity (Wildman–Crippen MR) is 117 cm³/mol. The van der Waals surface area contributed by atoms with Crippen molar-refractivity contribution in [1.29, 1.82) is 0 Å². The zero-order valence-corrected chi connectivity index (χ0v) is 17.7. The number of aryl methyl sites for hydroxylation is 1. The molecule has 5 rings (SSSR count). The van der Waals surface area contributed by atoms with Gasteiger partial charge in [0.25, 0.3) is 0 Å². The molecule has 1 aliphatic rings. The predicted octanol–water partition coefficient (Wildman–Crippen LogP) is 3.61. The van der Waals surface area contributed by atoms with Gasteiger partial charge >= 0.3 is 0 Å². The molecule has 0 spiro atoms. The van der Waals surface area contributed by atoms with Gasteiger partial charge in [-0.15, -0.1) is 0 Å². The summed E-state index contributed by atoms with van der Waals surface area (Å²) < 4.78 is 37.1. The minimum Gasteiger partial charge on any atom is -0.381 e. The number of benzene rings is 1. The molecule has 0 aliphatic carbocycles. The Hall–Kier alpha value is -3.17. The Morgan fingerprint density at radius 1 is 1.22 bits per heavy atom. The Morgan fingerprint density at radius 3 is 2.84 bits per heavy atom. The molecule has 1 aromatic carbocycles. The van der Waals surface area contributed by atoms with Gasteiger partial charge in [-0.1, -0.05) is 6.07 Å². The molecule has 32 heavy (non-hydrogen) atoms. The van der Waals surface area contributed by atoms with E-state index in [2.05, 4.69) is 25.6 Å². The molecule has 0 unspecified atom stereocenters. The molecule has 0 amide bonds. The average molecular weight is 438 g/mol. The SMILES string of the molecule is Cn1cc(-c2n[nH]c3cnc(-c4c(F)ccc(CCNC5CCOCC5)c4F)cc23)cn1. The van der Waals surface area contributed by atoms with E-state index in [4.69, 9.17) is 4.74 Å². The van der Waals surface area contributed by atoms with E-state index in [1.54, 1.807) is 23.1 Å². The number of fused-ring (bicyclic) bond motifs is 1. The zero-order valence-electron chi connectivity index (χ0n) is 17.7. The molecule has 0 saturated carbocycles. The van der Waals surface area contributed by atoms with E-state index in [0.29, 0.717) is 35.8 Å². The number of H-pyrrole nitrogens is 1. The maximum atomic E-state index is 15.4. The number of aromatic nitrogens is 5. The number of hydrogen-bond donors (Lipinski definition) is 2. The van der Waals surface area contributed by atoms with E-state index >= 15 is 4.39 Å². The second-order valence-electron chi connectivity index (χ2n) is 8.08. The molecule has 2 N–H and O–H groups in total. The first kappa shape index (κ1) is 20.7. The lowest BCUT2D eigenvalue weighted by Gasteiger charge is -2.23. The van der Waals surface area contributed by atoms with Crippen molar-refractivity contribution in [1.82, 2.24) is 30.3 Å². The maximum Gasteiger partial charge on any atom is 0.138 e. The van der Waals surface area contributed by atoms with Crippen LogP contribution in [0.25, 0.3) is 33.4 Å². The standard InChI is InChI=1S/C23H24F2N6O/c1-31-13-15(11-28-31)23-17-10-19(27-12-20(17)29-30-23)21-18(24)3-2-14(22(21)25)4-7-26-16-5-8-32-9-6-16/h2-3,10-13,16,26H,4-9H2,1H3,(H,29,30). The van der Waals surface area contributed by atoms with E-state index < -0.39 is 11.6 Å². The highest BCUT2D eigenvalue weighted by Gasteiger charge is 2.20. The van der Waals surface area contributed by atoms with Crippen molar-refractivity contribution in [3.63, 3.8) is 0 Å². The minimum atomic E-state index is -0.637. The van der Waals surface area contributed by atoms with E-state index in [1.807, 2.05) is 13.2 Å². The van der Waals surface area contributed by atoms with Crippen LogP contribution in [-0.2, 0) is 18.2 Å². The third-order valence-corrected chi connectivity index (χ3v) is 5.90. The molecule has 0 bridgehead atoms. The molecule has 7 nitrogen and oxygen atoms in total. The van der Waals surface area contributed by atoms with Gasteiger partial charge in [0.15, 0.2) is 0 Å². The minimum absolute atomic E-state index is 0.117. The third kappa shape index (κ3) is 4.01. The van der Waals surface area contributed by atoms with Crippen LogP contribution in [-0.4, -0.2) is 50.8 Å². The van der Waals surface area contributed by atoms with Crippen LogP contribution >= 0.6 is 0 Å². The quantitative estimate of drug-likeness (QED) is 0.481. The summed E-state index contributed by atoms with van der Waals surface area (Å²) in [5, 5.41) is 15.6. The molecular weight excluding hydrogens is 414 g/mol. The van der Waals surface area contributed by atoms with Crippen LogP contribution in [0.5, 0.6) is 0 Å². The van der Waals surface area contributed by atoms with Gasteiger partial charge in [-0.2, -0.15) is 10.2 Å². The Bertz CT molecular complexity index is 1240. The van der Waals surface area contributed by atoms with E-state index in [1.165, 1.54) is 12.1 Å². The smallest absolute Gasteiger partial charge is 0.138 e. The van der Waals surface area contributed by atoms with Crippen LogP contribution in [0.2, 0.25) is 0 Å². The maximum absolute atomic E-state index is 15.4. The lowest BCUT2D eigenvalue weighted by molar-refractivity contribution is 0.0782. The molecule has 0 radical (unpaired) electrons. The summed E-state index contributed by atoms with van der Waals surface area (Å²) >= 11 is 0. The fraction of sp³-hybridized carbons (Fsp3) is 0.348. The van der Waals surface area contributed by atoms with Crippen molar-refractivity contribution >= 4 is 10.9 Å². The molecule has 1 saturated heterocycles. The zero-order chi connectivity index (χ0) is 22.1. The fourth-order valence-corrected chi connectivity index (χ4v) is 4.15. The summed E-state index contributed by atoms with van der Waals surface area (Å²) in [6.45, 7) is 2.11. The summed E-state index contributed by atoms with van der Waals surface area (Å²) in [6, 6.07) is 4.87. The monoisotopic (exact) mass is 438 g/mol. The average Bonchev–Trinajstić information content (AvgIpc) is 3.42. The van der Waals surface area contributed by atoms with Crippen molar-refractivity contribution in [2.45, 2.75) is 25.3 Å². The molecular formula is C23H24F2N6O. The van der Waals surface area contributed by atoms with Crippen LogP contribution in [0.4, 0.5) is 8.78 Å². The number of aromatic amines is 1. The highest BCUT2D eigenvalue weighted by molar-refractivity contribution is 5.94. The van der Waals surface area contributed by atoms with Crippen molar-refractivity contribution in [2.75, 3.05) is 19.8 Å². The molecule has 4 heterocycles. The molecule has 1 aliphatic heterocycles. The van der Waals surface area contributed by atoms with Crippen LogP contribution in [0, 0.1) is 11.6 Å². The van der Waals surface area contributed by atoms with Crippen molar-refractivity contribution in [2.24, 2.45) is 7.05 Å². The van der Waals surface area contributed by atoms with Gasteiger partial charge in [0.1, 0.15) is 17.3 Å². The third-order valence-electron chi connectivity index (χ3n) is 5.90. The summed E-state index contributed by atoms with van der Waals surface area (Å²) in [7, 11) is 1.82. The largest absolute Gasteiger partial charge is 0.381 e. The number of pyridine rings is 1. The van der Waals surface area contributed by atoms with Crippen molar-refractivity contribution in [3.8, 4) is 22.5 Å². The first-order valence-electron chi connectivity index (χ1n) is 10.7. The number of ether oxygens (including phenoxy) is 1. The first-order chi connectivity index (χ1) is 15.6. The van der Waals surface area contributed by atoms with Crippen LogP contribution < -0.4 is 5.32 Å².